The number of likely N-dealkylation sites (N-methyl/N-ethyl adjacent to an activating group) is 1. The number of anilines is 1. The molecule has 6 aliphatic rings. The number of ketones is 1. The summed E-state index contributed by atoms with van der Waals surface area (Å²) < 4.78 is 5.93. The number of carbonyl (C=O) groups excluding carboxylic acids is 8. The third-order valence-electron chi connectivity index (χ3n) is 14.7. The number of hydrogen-bond acceptors (Lipinski definition) is 14. The quantitative estimate of drug-likeness (QED) is 0.193. The van der Waals surface area contributed by atoms with Crippen molar-refractivity contribution in [2.24, 2.45) is 11.8 Å². The highest BCUT2D eigenvalue weighted by atomic mass is 32.2. The predicted octanol–water partition coefficient (Wildman–Crippen LogP) is 1.91. The first-order chi connectivity index (χ1) is 34.1. The zero-order valence-corrected chi connectivity index (χ0v) is 41.3. The maximum absolute atomic E-state index is 15.6. The van der Waals surface area contributed by atoms with E-state index >= 15 is 4.79 Å². The standard InChI is InChI=1S/C51H63N9O10S/c1-29-48(66)59-21-9-12-36(59)49(67)57(4)38(24-31-14-16-35(52-3)17-15-31)50(68)60-26-34(28-71-41-27-58-22-18-32(41)19-23-58)40(62)25-37(60)45(63)56-43(33-10-6-5-7-11-33)51(69)70-30(2)42(46(64)54-29)55-47(65)44-39(61)13-8-20-53-44/h5-8,10-11,13-17,20,29-30,32,34,36-38,41-43,52,61H,9,12,18-19,21-28H2,1-4H3,(H,54,64)(H,55,65)(H,56,63)/t29-,30-,34-,36+,37+,38+,41-,42+,43+/m1/s1. The summed E-state index contributed by atoms with van der Waals surface area (Å²) in [5.41, 5.74) is 1.38. The summed E-state index contributed by atoms with van der Waals surface area (Å²) in [6.45, 7) is 5.84. The Kier molecular flexibility index (Phi) is 15.9. The van der Waals surface area contributed by atoms with E-state index in [4.69, 9.17) is 4.74 Å². The molecule has 0 saturated carbocycles. The predicted molar refractivity (Wildman–Crippen MR) is 263 cm³/mol. The van der Waals surface area contributed by atoms with Gasteiger partial charge in [-0.2, -0.15) is 11.8 Å². The number of rotatable bonds is 9. The molecule has 2 bridgehead atoms. The van der Waals surface area contributed by atoms with Crippen molar-refractivity contribution >= 4 is 64.6 Å². The molecule has 6 aliphatic heterocycles. The lowest BCUT2D eigenvalue weighted by Crippen LogP contribution is -2.63. The van der Waals surface area contributed by atoms with Gasteiger partial charge >= 0.3 is 5.97 Å². The number of benzene rings is 2. The summed E-state index contributed by atoms with van der Waals surface area (Å²) in [5.74, 6) is -5.92. The minimum absolute atomic E-state index is 0.0240. The average molecular weight is 994 g/mol. The molecule has 7 heterocycles. The first-order valence-electron chi connectivity index (χ1n) is 24.4. The molecule has 6 fully saturated rings. The molecule has 20 heteroatoms. The summed E-state index contributed by atoms with van der Waals surface area (Å²) >= 11 is 1.73. The van der Waals surface area contributed by atoms with E-state index in [9.17, 15) is 38.7 Å². The van der Waals surface area contributed by atoms with E-state index < -0.39 is 101 Å². The lowest BCUT2D eigenvalue weighted by Gasteiger charge is -2.45. The summed E-state index contributed by atoms with van der Waals surface area (Å²) in [4.78, 5) is 127. The van der Waals surface area contributed by atoms with Gasteiger partial charge in [0.1, 0.15) is 47.8 Å². The van der Waals surface area contributed by atoms with Gasteiger partial charge in [-0.3, -0.25) is 33.6 Å². The fourth-order valence-corrected chi connectivity index (χ4v) is 12.1. The van der Waals surface area contributed by atoms with Crippen molar-refractivity contribution in [1.82, 2.24) is 40.5 Å². The average Bonchev–Trinajstić information content (AvgIpc) is 3.88. The molecule has 6 amide bonds. The van der Waals surface area contributed by atoms with Crippen LogP contribution in [0, 0.1) is 11.8 Å². The van der Waals surface area contributed by atoms with Crippen LogP contribution in [0.25, 0.3) is 0 Å². The topological polar surface area (TPSA) is 240 Å². The number of carbonyl (C=O) groups is 8. The Labute approximate surface area is 417 Å². The smallest absolute Gasteiger partial charge is 0.333 e. The highest BCUT2D eigenvalue weighted by molar-refractivity contribution is 8.00. The zero-order valence-electron chi connectivity index (χ0n) is 40.5. The van der Waals surface area contributed by atoms with Crippen LogP contribution >= 0.6 is 11.8 Å². The minimum Gasteiger partial charge on any atom is -0.505 e. The Hall–Kier alpha value is -6.54. The van der Waals surface area contributed by atoms with E-state index in [-0.39, 0.29) is 43.7 Å². The number of Topliss-reactive ketones (excluding diaryl/α,β-unsaturated/α-hetero) is 1. The van der Waals surface area contributed by atoms with Crippen LogP contribution in [0.15, 0.2) is 72.9 Å². The molecule has 5 N–H and O–H groups in total. The van der Waals surface area contributed by atoms with E-state index in [1.54, 1.807) is 49.1 Å². The fourth-order valence-electron chi connectivity index (χ4n) is 10.5. The number of thioether (sulfide) groups is 1. The molecule has 0 spiro atoms. The second-order valence-corrected chi connectivity index (χ2v) is 20.5. The maximum Gasteiger partial charge on any atom is 0.333 e. The van der Waals surface area contributed by atoms with Crippen molar-refractivity contribution in [3.05, 3.63) is 89.7 Å². The fraction of sp³-hybridized carbons (Fsp3) is 0.510. The Morgan fingerprint density at radius 1 is 0.831 bits per heavy atom. The van der Waals surface area contributed by atoms with Crippen LogP contribution in [0.2, 0.25) is 0 Å². The van der Waals surface area contributed by atoms with Gasteiger partial charge in [0, 0.05) is 75.4 Å². The molecular formula is C51H63N9O10S. The molecule has 1 aromatic heterocycles. The van der Waals surface area contributed by atoms with Gasteiger partial charge in [-0.15, -0.1) is 0 Å². The Morgan fingerprint density at radius 3 is 2.24 bits per heavy atom. The molecule has 2 aromatic carbocycles. The van der Waals surface area contributed by atoms with Crippen molar-refractivity contribution in [1.29, 1.82) is 0 Å². The Morgan fingerprint density at radius 2 is 1.56 bits per heavy atom. The van der Waals surface area contributed by atoms with E-state index in [0.717, 1.165) is 38.2 Å². The van der Waals surface area contributed by atoms with E-state index in [1.807, 2.05) is 24.3 Å². The zero-order chi connectivity index (χ0) is 50.5. The molecule has 3 aromatic rings. The van der Waals surface area contributed by atoms with Gasteiger partial charge in [0.25, 0.3) is 5.91 Å². The number of aromatic nitrogens is 1. The van der Waals surface area contributed by atoms with Crippen molar-refractivity contribution in [3.63, 3.8) is 0 Å². The van der Waals surface area contributed by atoms with Gasteiger partial charge in [0.05, 0.1) is 0 Å². The summed E-state index contributed by atoms with van der Waals surface area (Å²) in [7, 11) is 3.28. The van der Waals surface area contributed by atoms with Crippen LogP contribution in [0.1, 0.15) is 73.6 Å². The number of esters is 1. The van der Waals surface area contributed by atoms with Gasteiger partial charge in [-0.1, -0.05) is 42.5 Å². The van der Waals surface area contributed by atoms with E-state index in [1.165, 1.54) is 53.9 Å². The number of ether oxygens (including phenoxy) is 1. The van der Waals surface area contributed by atoms with Crippen LogP contribution in [-0.4, -0.2) is 171 Å². The van der Waals surface area contributed by atoms with Gasteiger partial charge in [-0.05, 0) is 93.9 Å². The summed E-state index contributed by atoms with van der Waals surface area (Å²) in [6, 6.07) is 9.97. The molecule has 0 aliphatic carbocycles. The lowest BCUT2D eigenvalue weighted by atomic mass is 9.88. The van der Waals surface area contributed by atoms with Crippen LogP contribution < -0.4 is 21.3 Å². The number of nitrogens with zero attached hydrogens (tertiary/aromatic N) is 5. The van der Waals surface area contributed by atoms with Crippen LogP contribution in [0.4, 0.5) is 5.69 Å². The summed E-state index contributed by atoms with van der Waals surface area (Å²) in [5, 5.41) is 21.8. The number of pyridine rings is 1. The van der Waals surface area contributed by atoms with Gasteiger partial charge in [0.2, 0.25) is 29.5 Å². The molecular weight excluding hydrogens is 931 g/mol. The minimum atomic E-state index is -1.69. The summed E-state index contributed by atoms with van der Waals surface area (Å²) in [6.07, 6.45) is 2.32. The number of piperidine rings is 4. The molecule has 71 heavy (non-hydrogen) atoms. The highest BCUT2D eigenvalue weighted by Crippen LogP contribution is 2.37. The van der Waals surface area contributed by atoms with Crippen LogP contribution in [0.5, 0.6) is 5.75 Å². The van der Waals surface area contributed by atoms with E-state index in [0.29, 0.717) is 28.9 Å². The third-order valence-corrected chi connectivity index (χ3v) is 16.2. The van der Waals surface area contributed by atoms with Gasteiger partial charge in [-0.25, -0.2) is 9.78 Å². The maximum atomic E-state index is 15.6. The highest BCUT2D eigenvalue weighted by Gasteiger charge is 2.48. The monoisotopic (exact) mass is 993 g/mol. The van der Waals surface area contributed by atoms with Crippen molar-refractivity contribution in [2.75, 3.05) is 57.9 Å². The molecule has 19 nitrogen and oxygen atoms in total. The third kappa shape index (κ3) is 11.3. The Bertz CT molecular complexity index is 2490. The van der Waals surface area contributed by atoms with Crippen LogP contribution in [0.3, 0.4) is 0 Å². The Balaban J connectivity index is 1.18. The second kappa shape index (κ2) is 22.3. The first-order valence-corrected chi connectivity index (χ1v) is 25.5. The molecule has 0 radical (unpaired) electrons. The van der Waals surface area contributed by atoms with E-state index in [2.05, 4.69) is 31.2 Å². The number of hydrogen-bond donors (Lipinski definition) is 5. The number of amides is 6. The number of aromatic hydroxyl groups is 1. The van der Waals surface area contributed by atoms with Crippen molar-refractivity contribution in [3.8, 4) is 5.75 Å². The van der Waals surface area contributed by atoms with Crippen molar-refractivity contribution in [2.45, 2.75) is 100.0 Å². The molecule has 378 valence electrons. The second-order valence-electron chi connectivity index (χ2n) is 19.2. The molecule has 9 atom stereocenters. The molecule has 9 rings (SSSR count). The van der Waals surface area contributed by atoms with Gasteiger partial charge < -0.3 is 50.7 Å². The van der Waals surface area contributed by atoms with Gasteiger partial charge in [0.15, 0.2) is 11.7 Å². The lowest BCUT2D eigenvalue weighted by molar-refractivity contribution is -0.157. The normalized spacial score (nSPS) is 30.0. The largest absolute Gasteiger partial charge is 0.505 e. The number of cyclic esters (lactones) is 1. The number of fused-ring (bicyclic) bond motifs is 5. The first kappa shape index (κ1) is 50.8. The molecule has 0 unspecified atom stereocenters. The SMILES string of the molecule is CNc1ccc(C[C@H]2C(=O)N3C[C@H](CS[C@@H]4CN5CCC4CC5)C(=O)C[C@H]3C(=O)N[C@@H](c3ccccc3)C(=O)O[C@H](C)[C@H](NC(=O)c3ncccc3O)C(=O)N[C@H](C)C(=O)N3CCC[C@H]3C(=O)N2C)cc1. The van der Waals surface area contributed by atoms with Crippen LogP contribution in [-0.2, 0) is 44.7 Å². The molecule has 6 saturated heterocycles. The number of nitrogens with one attached hydrogen (secondary N) is 4. The van der Waals surface area contributed by atoms with Crippen molar-refractivity contribution < 1.29 is 48.2 Å².